The number of rotatable bonds is 8. The topological polar surface area (TPSA) is 46.9 Å². The molecule has 0 saturated heterocycles. The van der Waals surface area contributed by atoms with Crippen LogP contribution in [0.15, 0.2) is 54.6 Å². The maximum Gasteiger partial charge on any atom is 0.222 e. The number of hydrogen-bond donors (Lipinski definition) is 1. The van der Waals surface area contributed by atoms with Crippen LogP contribution in [0.5, 0.6) is 0 Å². The third-order valence-corrected chi connectivity index (χ3v) is 5.82. The summed E-state index contributed by atoms with van der Waals surface area (Å²) in [6.07, 6.45) is 1.18. The Bertz CT molecular complexity index is 981. The quantitative estimate of drug-likeness (QED) is 0.483. The summed E-state index contributed by atoms with van der Waals surface area (Å²) in [5, 5.41) is 9.03. The number of amides is 1. The molecule has 0 aliphatic rings. The number of halogens is 2. The van der Waals surface area contributed by atoms with Gasteiger partial charge in [-0.15, -0.1) is 0 Å². The fourth-order valence-electron chi connectivity index (χ4n) is 3.70. The predicted molar refractivity (Wildman–Crippen MR) is 123 cm³/mol. The molecule has 0 radical (unpaired) electrons. The summed E-state index contributed by atoms with van der Waals surface area (Å²) in [5.41, 5.74) is 4.34. The molecule has 0 aliphatic heterocycles. The lowest BCUT2D eigenvalue weighted by Crippen LogP contribution is -2.38. The van der Waals surface area contributed by atoms with E-state index in [-0.39, 0.29) is 17.9 Å². The Hall–Kier alpha value is -2.30. The molecule has 6 heteroatoms. The molecule has 0 spiro atoms. The Kier molecular flexibility index (Phi) is 7.57. The lowest BCUT2D eigenvalue weighted by molar-refractivity contribution is -0.122. The molecule has 0 bridgehead atoms. The maximum absolute atomic E-state index is 12.6. The van der Waals surface area contributed by atoms with Crippen LogP contribution < -0.4 is 5.32 Å². The van der Waals surface area contributed by atoms with Crippen molar-refractivity contribution in [1.29, 1.82) is 0 Å². The lowest BCUT2D eigenvalue weighted by Gasteiger charge is -2.26. The van der Waals surface area contributed by atoms with Gasteiger partial charge in [0.25, 0.3) is 0 Å². The van der Waals surface area contributed by atoms with Gasteiger partial charge in [0.2, 0.25) is 5.91 Å². The first-order valence-electron chi connectivity index (χ1n) is 10.1. The summed E-state index contributed by atoms with van der Waals surface area (Å²) < 4.78 is 1.88. The average Bonchev–Trinajstić information content (AvgIpc) is 3.03. The van der Waals surface area contributed by atoms with Crippen molar-refractivity contribution in [3.8, 4) is 0 Å². The second-order valence-electron chi connectivity index (χ2n) is 7.75. The van der Waals surface area contributed by atoms with E-state index in [0.717, 1.165) is 23.4 Å². The van der Waals surface area contributed by atoms with Crippen molar-refractivity contribution in [2.45, 2.75) is 52.1 Å². The van der Waals surface area contributed by atoms with Crippen molar-refractivity contribution in [1.82, 2.24) is 15.1 Å². The zero-order valence-electron chi connectivity index (χ0n) is 17.5. The SMILES string of the molecule is Cc1cc(C)n(CCC(=O)NC(C)C(Cc2ccc(Cl)cc2)c2ccc(Cl)cc2)n1. The molecule has 0 saturated carbocycles. The number of nitrogens with zero attached hydrogens (tertiary/aromatic N) is 2. The first kappa shape index (κ1) is 22.4. The van der Waals surface area contributed by atoms with Gasteiger partial charge in [-0.05, 0) is 68.7 Å². The molecule has 158 valence electrons. The summed E-state index contributed by atoms with van der Waals surface area (Å²) in [5.74, 6) is 0.131. The zero-order valence-corrected chi connectivity index (χ0v) is 19.0. The summed E-state index contributed by atoms with van der Waals surface area (Å²) >= 11 is 12.1. The van der Waals surface area contributed by atoms with Crippen LogP contribution in [-0.2, 0) is 17.8 Å². The van der Waals surface area contributed by atoms with Crippen LogP contribution in [-0.4, -0.2) is 21.7 Å². The van der Waals surface area contributed by atoms with Gasteiger partial charge in [-0.3, -0.25) is 9.48 Å². The Morgan fingerprint density at radius 1 is 1.03 bits per heavy atom. The summed E-state index contributed by atoms with van der Waals surface area (Å²) in [6.45, 7) is 6.58. The molecule has 2 atom stereocenters. The summed E-state index contributed by atoms with van der Waals surface area (Å²) in [7, 11) is 0. The highest BCUT2D eigenvalue weighted by atomic mass is 35.5. The fourth-order valence-corrected chi connectivity index (χ4v) is 3.96. The second kappa shape index (κ2) is 10.1. The fraction of sp³-hybridized carbons (Fsp3) is 0.333. The number of nitrogens with one attached hydrogen (secondary N) is 1. The number of carbonyl (C=O) groups is 1. The zero-order chi connectivity index (χ0) is 21.7. The Morgan fingerprint density at radius 2 is 1.63 bits per heavy atom. The van der Waals surface area contributed by atoms with Crippen LogP contribution >= 0.6 is 23.2 Å². The lowest BCUT2D eigenvalue weighted by atomic mass is 9.86. The van der Waals surface area contributed by atoms with E-state index in [1.54, 1.807) is 0 Å². The molecule has 3 aromatic rings. The van der Waals surface area contributed by atoms with Gasteiger partial charge in [-0.25, -0.2) is 0 Å². The van der Waals surface area contributed by atoms with E-state index >= 15 is 0 Å². The first-order valence-corrected chi connectivity index (χ1v) is 10.9. The molecule has 1 N–H and O–H groups in total. The van der Waals surface area contributed by atoms with Crippen LogP contribution in [0.25, 0.3) is 0 Å². The Morgan fingerprint density at radius 3 is 2.20 bits per heavy atom. The van der Waals surface area contributed by atoms with Gasteiger partial charge >= 0.3 is 0 Å². The number of carbonyl (C=O) groups excluding carboxylic acids is 1. The number of hydrogen-bond acceptors (Lipinski definition) is 2. The normalized spacial score (nSPS) is 13.1. The van der Waals surface area contributed by atoms with Crippen LogP contribution in [0.3, 0.4) is 0 Å². The third-order valence-electron chi connectivity index (χ3n) is 5.31. The van der Waals surface area contributed by atoms with Gasteiger partial charge in [0.1, 0.15) is 0 Å². The van der Waals surface area contributed by atoms with Gasteiger partial charge in [0.05, 0.1) is 5.69 Å². The van der Waals surface area contributed by atoms with Gasteiger partial charge in [-0.1, -0.05) is 47.5 Å². The number of aryl methyl sites for hydroxylation is 3. The maximum atomic E-state index is 12.6. The van der Waals surface area contributed by atoms with E-state index in [0.29, 0.717) is 23.0 Å². The van der Waals surface area contributed by atoms with Crippen molar-refractivity contribution in [3.05, 3.63) is 87.2 Å². The minimum atomic E-state index is -0.0465. The van der Waals surface area contributed by atoms with Crippen LogP contribution in [0.1, 0.15) is 41.8 Å². The first-order chi connectivity index (χ1) is 14.3. The average molecular weight is 444 g/mol. The van der Waals surface area contributed by atoms with Crippen molar-refractivity contribution in [3.63, 3.8) is 0 Å². The standard InChI is InChI=1S/C24H27Cl2N3O/c1-16-14-17(2)29(28-16)13-12-24(30)27-18(3)23(20-6-10-22(26)11-7-20)15-19-4-8-21(25)9-5-19/h4-11,14,18,23H,12-13,15H2,1-3H3,(H,27,30). The van der Waals surface area contributed by atoms with Gasteiger partial charge in [-0.2, -0.15) is 5.10 Å². The molecule has 1 amide bonds. The molecule has 2 unspecified atom stereocenters. The van der Waals surface area contributed by atoms with E-state index in [1.807, 2.05) is 73.1 Å². The van der Waals surface area contributed by atoms with Crippen LogP contribution in [0.4, 0.5) is 0 Å². The molecule has 4 nitrogen and oxygen atoms in total. The highest BCUT2D eigenvalue weighted by Crippen LogP contribution is 2.27. The van der Waals surface area contributed by atoms with Crippen molar-refractivity contribution in [2.75, 3.05) is 0 Å². The van der Waals surface area contributed by atoms with Gasteiger partial charge in [0, 0.05) is 40.7 Å². The minimum absolute atomic E-state index is 0.0186. The smallest absolute Gasteiger partial charge is 0.222 e. The van der Waals surface area contributed by atoms with Gasteiger partial charge < -0.3 is 5.32 Å². The minimum Gasteiger partial charge on any atom is -0.353 e. The molecule has 1 heterocycles. The second-order valence-corrected chi connectivity index (χ2v) is 8.62. The monoisotopic (exact) mass is 443 g/mol. The molecular formula is C24H27Cl2N3O. The Labute approximate surface area is 188 Å². The molecule has 0 aliphatic carbocycles. The molecule has 0 fully saturated rings. The molecule has 30 heavy (non-hydrogen) atoms. The molecule has 2 aromatic carbocycles. The summed E-state index contributed by atoms with van der Waals surface area (Å²) in [6, 6.07) is 17.7. The number of aromatic nitrogens is 2. The van der Waals surface area contributed by atoms with Gasteiger partial charge in [0.15, 0.2) is 0 Å². The van der Waals surface area contributed by atoms with E-state index in [1.165, 1.54) is 5.56 Å². The molecule has 3 rings (SSSR count). The number of benzene rings is 2. The summed E-state index contributed by atoms with van der Waals surface area (Å²) in [4.78, 5) is 12.6. The van der Waals surface area contributed by atoms with Crippen LogP contribution in [0, 0.1) is 13.8 Å². The van der Waals surface area contributed by atoms with E-state index < -0.39 is 0 Å². The predicted octanol–water partition coefficient (Wildman–Crippen LogP) is 5.73. The van der Waals surface area contributed by atoms with E-state index in [2.05, 4.69) is 17.3 Å². The Balaban J connectivity index is 1.69. The highest BCUT2D eigenvalue weighted by molar-refractivity contribution is 6.30. The molecular weight excluding hydrogens is 417 g/mol. The largest absolute Gasteiger partial charge is 0.353 e. The van der Waals surface area contributed by atoms with Crippen LogP contribution in [0.2, 0.25) is 10.0 Å². The van der Waals surface area contributed by atoms with E-state index in [9.17, 15) is 4.79 Å². The van der Waals surface area contributed by atoms with Crippen molar-refractivity contribution in [2.24, 2.45) is 0 Å². The van der Waals surface area contributed by atoms with Crippen molar-refractivity contribution < 1.29 is 4.79 Å². The third kappa shape index (κ3) is 6.10. The van der Waals surface area contributed by atoms with E-state index in [4.69, 9.17) is 23.2 Å². The molecule has 1 aromatic heterocycles. The highest BCUT2D eigenvalue weighted by Gasteiger charge is 2.22. The van der Waals surface area contributed by atoms with Crippen molar-refractivity contribution >= 4 is 29.1 Å².